The largest absolute Gasteiger partial charge is 0.484 e. The van der Waals surface area contributed by atoms with Crippen molar-refractivity contribution in [2.45, 2.75) is 6.92 Å². The van der Waals surface area contributed by atoms with Crippen LogP contribution < -0.4 is 0 Å². The van der Waals surface area contributed by atoms with E-state index in [-0.39, 0.29) is 24.6 Å². The maximum absolute atomic E-state index is 11.7. The van der Waals surface area contributed by atoms with Crippen molar-refractivity contribution in [1.29, 1.82) is 0 Å². The second kappa shape index (κ2) is 5.35. The first-order valence-corrected chi connectivity index (χ1v) is 6.26. The molecule has 1 aromatic rings. The van der Waals surface area contributed by atoms with E-state index in [1.54, 1.807) is 25.1 Å². The lowest BCUT2D eigenvalue weighted by Crippen LogP contribution is -2.14. The number of benzene rings is 1. The summed E-state index contributed by atoms with van der Waals surface area (Å²) in [4.78, 5) is 23.4. The highest BCUT2D eigenvalue weighted by molar-refractivity contribution is 9.10. The Balaban J connectivity index is 2.45. The Bertz CT molecular complexity index is 534. The van der Waals surface area contributed by atoms with Gasteiger partial charge >= 0.3 is 5.97 Å². The van der Waals surface area contributed by atoms with Gasteiger partial charge in [0.25, 0.3) is 0 Å². The smallest absolute Gasteiger partial charge is 0.345 e. The highest BCUT2D eigenvalue weighted by atomic mass is 79.9. The Labute approximate surface area is 113 Å². The molecule has 1 aliphatic rings. The van der Waals surface area contributed by atoms with E-state index in [4.69, 9.17) is 9.47 Å². The monoisotopic (exact) mass is 310 g/mol. The molecular formula is C13H11BrO4. The van der Waals surface area contributed by atoms with Crippen molar-refractivity contribution in [2.75, 3.05) is 13.2 Å². The van der Waals surface area contributed by atoms with Gasteiger partial charge in [-0.2, -0.15) is 0 Å². The minimum absolute atomic E-state index is 0.00468. The number of halogens is 1. The van der Waals surface area contributed by atoms with Crippen LogP contribution in [-0.2, 0) is 19.1 Å². The van der Waals surface area contributed by atoms with Gasteiger partial charge in [0.2, 0.25) is 5.78 Å². The summed E-state index contributed by atoms with van der Waals surface area (Å²) >= 11 is 3.33. The number of rotatable bonds is 3. The lowest BCUT2D eigenvalue weighted by Gasteiger charge is -2.05. The van der Waals surface area contributed by atoms with Gasteiger partial charge in [-0.25, -0.2) is 4.79 Å². The van der Waals surface area contributed by atoms with Gasteiger partial charge in [-0.1, -0.05) is 28.1 Å². The standard InChI is InChI=1S/C13H11BrO4/c1-2-17-13(16)11-10(15)7-18-12(11)8-4-3-5-9(14)6-8/h3-6H,2,7H2,1H3. The quantitative estimate of drug-likeness (QED) is 0.635. The molecule has 0 amide bonds. The highest BCUT2D eigenvalue weighted by Gasteiger charge is 2.32. The van der Waals surface area contributed by atoms with E-state index in [0.29, 0.717) is 11.3 Å². The molecule has 0 aromatic heterocycles. The first-order valence-electron chi connectivity index (χ1n) is 5.46. The Morgan fingerprint density at radius 2 is 2.28 bits per heavy atom. The van der Waals surface area contributed by atoms with Gasteiger partial charge in [0.05, 0.1) is 6.61 Å². The number of hydrogen-bond donors (Lipinski definition) is 0. The summed E-state index contributed by atoms with van der Waals surface area (Å²) in [6, 6.07) is 7.22. The highest BCUT2D eigenvalue weighted by Crippen LogP contribution is 2.28. The molecule has 0 radical (unpaired) electrons. The van der Waals surface area contributed by atoms with Gasteiger partial charge in [-0.15, -0.1) is 0 Å². The number of ether oxygens (including phenoxy) is 2. The topological polar surface area (TPSA) is 52.6 Å². The van der Waals surface area contributed by atoms with Crippen molar-refractivity contribution in [3.05, 3.63) is 39.9 Å². The molecule has 0 atom stereocenters. The second-order valence-corrected chi connectivity index (χ2v) is 4.56. The third-order valence-corrected chi connectivity index (χ3v) is 2.91. The predicted molar refractivity (Wildman–Crippen MR) is 68.7 cm³/mol. The molecule has 94 valence electrons. The average Bonchev–Trinajstić information content (AvgIpc) is 2.71. The second-order valence-electron chi connectivity index (χ2n) is 3.65. The minimum Gasteiger partial charge on any atom is -0.484 e. The number of Topliss-reactive ketones (excluding diaryl/α,β-unsaturated/α-hetero) is 1. The lowest BCUT2D eigenvalue weighted by atomic mass is 10.1. The fourth-order valence-corrected chi connectivity index (χ4v) is 2.08. The van der Waals surface area contributed by atoms with Crippen LogP contribution in [-0.4, -0.2) is 25.0 Å². The Kier molecular flexibility index (Phi) is 3.81. The van der Waals surface area contributed by atoms with Gasteiger partial charge in [0, 0.05) is 10.0 Å². The van der Waals surface area contributed by atoms with Crippen molar-refractivity contribution in [3.63, 3.8) is 0 Å². The summed E-state index contributed by atoms with van der Waals surface area (Å²) in [7, 11) is 0. The molecule has 4 nitrogen and oxygen atoms in total. The summed E-state index contributed by atoms with van der Waals surface area (Å²) in [5.41, 5.74) is 0.674. The van der Waals surface area contributed by atoms with E-state index >= 15 is 0 Å². The molecule has 1 aromatic carbocycles. The lowest BCUT2D eigenvalue weighted by molar-refractivity contribution is -0.139. The SMILES string of the molecule is CCOC(=O)C1=C(c2cccc(Br)c2)OCC1=O. The van der Waals surface area contributed by atoms with Crippen molar-refractivity contribution in [1.82, 2.24) is 0 Å². The molecule has 0 saturated carbocycles. The van der Waals surface area contributed by atoms with Crippen LogP contribution in [0.1, 0.15) is 12.5 Å². The van der Waals surface area contributed by atoms with Crippen LogP contribution >= 0.6 is 15.9 Å². The molecule has 0 bridgehead atoms. The maximum Gasteiger partial charge on any atom is 0.345 e. The van der Waals surface area contributed by atoms with Gasteiger partial charge in [0.1, 0.15) is 11.3 Å². The summed E-state index contributed by atoms with van der Waals surface area (Å²) in [6.07, 6.45) is 0. The van der Waals surface area contributed by atoms with Gasteiger partial charge < -0.3 is 9.47 Å². The Morgan fingerprint density at radius 3 is 2.94 bits per heavy atom. The van der Waals surface area contributed by atoms with Crippen molar-refractivity contribution in [3.8, 4) is 0 Å². The van der Waals surface area contributed by atoms with Gasteiger partial charge in [0.15, 0.2) is 6.61 Å². The number of esters is 1. The fourth-order valence-electron chi connectivity index (χ4n) is 1.68. The van der Waals surface area contributed by atoms with E-state index in [2.05, 4.69) is 15.9 Å². The van der Waals surface area contributed by atoms with Crippen LogP contribution in [0.4, 0.5) is 0 Å². The summed E-state index contributed by atoms with van der Waals surface area (Å²) in [5, 5.41) is 0. The normalized spacial score (nSPS) is 14.7. The molecule has 0 fully saturated rings. The van der Waals surface area contributed by atoms with E-state index in [1.807, 2.05) is 6.07 Å². The van der Waals surface area contributed by atoms with Crippen molar-refractivity contribution >= 4 is 33.4 Å². The number of ketones is 1. The molecule has 1 heterocycles. The average molecular weight is 311 g/mol. The molecule has 2 rings (SSSR count). The summed E-state index contributed by atoms with van der Waals surface area (Å²) < 4.78 is 11.0. The first kappa shape index (κ1) is 12.8. The van der Waals surface area contributed by atoms with E-state index in [0.717, 1.165) is 4.47 Å². The molecule has 0 aliphatic carbocycles. The van der Waals surface area contributed by atoms with E-state index < -0.39 is 5.97 Å². The molecule has 5 heteroatoms. The molecular weight excluding hydrogens is 300 g/mol. The van der Waals surface area contributed by atoms with Crippen LogP contribution in [0.5, 0.6) is 0 Å². The third-order valence-electron chi connectivity index (χ3n) is 2.42. The molecule has 0 unspecified atom stereocenters. The Hall–Kier alpha value is -1.62. The van der Waals surface area contributed by atoms with E-state index in [9.17, 15) is 9.59 Å². The number of carbonyl (C=O) groups is 2. The number of carbonyl (C=O) groups excluding carboxylic acids is 2. The molecule has 18 heavy (non-hydrogen) atoms. The number of hydrogen-bond acceptors (Lipinski definition) is 4. The van der Waals surface area contributed by atoms with Gasteiger partial charge in [-0.3, -0.25) is 4.79 Å². The minimum atomic E-state index is -0.630. The molecule has 0 N–H and O–H groups in total. The van der Waals surface area contributed by atoms with Crippen LogP contribution in [0, 0.1) is 0 Å². The van der Waals surface area contributed by atoms with Gasteiger partial charge in [-0.05, 0) is 19.1 Å². The molecule has 0 spiro atoms. The molecule has 0 saturated heterocycles. The zero-order valence-corrected chi connectivity index (χ0v) is 11.3. The van der Waals surface area contributed by atoms with Crippen LogP contribution in [0.3, 0.4) is 0 Å². The predicted octanol–water partition coefficient (Wildman–Crippen LogP) is 2.32. The third kappa shape index (κ3) is 2.46. The zero-order chi connectivity index (χ0) is 13.1. The van der Waals surface area contributed by atoms with E-state index in [1.165, 1.54) is 0 Å². The zero-order valence-electron chi connectivity index (χ0n) is 9.73. The summed E-state index contributed by atoms with van der Waals surface area (Å²) in [6.45, 7) is 1.80. The van der Waals surface area contributed by atoms with Crippen LogP contribution in [0.25, 0.3) is 5.76 Å². The maximum atomic E-state index is 11.7. The summed E-state index contributed by atoms with van der Waals surface area (Å²) in [5.74, 6) is -0.682. The van der Waals surface area contributed by atoms with Crippen molar-refractivity contribution in [2.24, 2.45) is 0 Å². The van der Waals surface area contributed by atoms with Crippen molar-refractivity contribution < 1.29 is 19.1 Å². The fraction of sp³-hybridized carbons (Fsp3) is 0.231. The van der Waals surface area contributed by atoms with Crippen LogP contribution in [0.15, 0.2) is 34.3 Å². The Morgan fingerprint density at radius 1 is 1.50 bits per heavy atom. The first-order chi connectivity index (χ1) is 8.63. The molecule has 1 aliphatic heterocycles. The van der Waals surface area contributed by atoms with Crippen LogP contribution in [0.2, 0.25) is 0 Å².